The van der Waals surface area contributed by atoms with Gasteiger partial charge in [-0.25, -0.2) is 0 Å². The molecule has 0 atom stereocenters. The number of nitrogen functional groups attached to an aromatic ring is 1. The minimum Gasteiger partial charge on any atom is -0.399 e. The fourth-order valence-electron chi connectivity index (χ4n) is 1.30. The summed E-state index contributed by atoms with van der Waals surface area (Å²) in [6.45, 7) is 0. The van der Waals surface area contributed by atoms with Gasteiger partial charge in [-0.15, -0.1) is 0 Å². The Kier molecular flexibility index (Phi) is 1.24. The second-order valence-corrected chi connectivity index (χ2v) is 2.78. The highest BCUT2D eigenvalue weighted by Gasteiger charge is 2.02. The van der Waals surface area contributed by atoms with Crippen LogP contribution in [0, 0.1) is 0 Å². The van der Waals surface area contributed by atoms with Crippen LogP contribution in [0.5, 0.6) is 0 Å². The molecule has 62 valence electrons. The van der Waals surface area contributed by atoms with E-state index in [1.54, 1.807) is 23.9 Å². The van der Waals surface area contributed by atoms with E-state index in [-0.39, 0.29) is 5.56 Å². The maximum atomic E-state index is 11.2. The average Bonchev–Trinajstić information content (AvgIpc) is 2.28. The molecule has 4 heteroatoms. The number of aryl methyl sites for hydroxylation is 1. The van der Waals surface area contributed by atoms with Crippen molar-refractivity contribution in [3.63, 3.8) is 0 Å². The van der Waals surface area contributed by atoms with Crippen LogP contribution in [0.15, 0.2) is 23.0 Å². The molecule has 0 aliphatic carbocycles. The fraction of sp³-hybridized carbons (Fsp3) is 0.125. The molecule has 0 fully saturated rings. The predicted molar refractivity (Wildman–Crippen MR) is 48.0 cm³/mol. The molecule has 2 aromatic rings. The SMILES string of the molecule is Cn1[nH]c(=O)c2cc(N)ccc21. The number of rotatable bonds is 0. The molecule has 12 heavy (non-hydrogen) atoms. The lowest BCUT2D eigenvalue weighted by Gasteiger charge is -1.94. The summed E-state index contributed by atoms with van der Waals surface area (Å²) in [4.78, 5) is 11.2. The van der Waals surface area contributed by atoms with E-state index in [0.29, 0.717) is 11.1 Å². The number of hydrogen-bond acceptors (Lipinski definition) is 2. The summed E-state index contributed by atoms with van der Waals surface area (Å²) in [5, 5.41) is 3.28. The van der Waals surface area contributed by atoms with Gasteiger partial charge in [-0.05, 0) is 18.2 Å². The summed E-state index contributed by atoms with van der Waals surface area (Å²) < 4.78 is 1.68. The van der Waals surface area contributed by atoms with Gasteiger partial charge in [-0.2, -0.15) is 0 Å². The van der Waals surface area contributed by atoms with Crippen LogP contribution in [0.1, 0.15) is 0 Å². The smallest absolute Gasteiger partial charge is 0.272 e. The Balaban J connectivity index is 3.00. The van der Waals surface area contributed by atoms with Crippen LogP contribution in [0.25, 0.3) is 10.9 Å². The second kappa shape index (κ2) is 2.14. The van der Waals surface area contributed by atoms with Crippen molar-refractivity contribution in [3.05, 3.63) is 28.6 Å². The van der Waals surface area contributed by atoms with Gasteiger partial charge in [0.1, 0.15) is 0 Å². The quantitative estimate of drug-likeness (QED) is 0.554. The number of nitrogens with one attached hydrogen (secondary N) is 1. The second-order valence-electron chi connectivity index (χ2n) is 2.78. The van der Waals surface area contributed by atoms with Crippen molar-refractivity contribution in [2.24, 2.45) is 7.05 Å². The molecule has 2 rings (SSSR count). The van der Waals surface area contributed by atoms with Gasteiger partial charge < -0.3 is 5.73 Å². The molecular formula is C8H9N3O. The number of aromatic amines is 1. The van der Waals surface area contributed by atoms with Gasteiger partial charge in [0.05, 0.1) is 10.9 Å². The number of nitrogens with zero attached hydrogens (tertiary/aromatic N) is 1. The van der Waals surface area contributed by atoms with Gasteiger partial charge >= 0.3 is 0 Å². The number of fused-ring (bicyclic) bond motifs is 1. The zero-order valence-electron chi connectivity index (χ0n) is 6.66. The van der Waals surface area contributed by atoms with Crippen molar-refractivity contribution in [3.8, 4) is 0 Å². The Morgan fingerprint density at radius 1 is 1.50 bits per heavy atom. The van der Waals surface area contributed by atoms with Crippen molar-refractivity contribution in [2.45, 2.75) is 0 Å². The maximum absolute atomic E-state index is 11.2. The lowest BCUT2D eigenvalue weighted by Crippen LogP contribution is -2.01. The molecule has 0 aliphatic heterocycles. The molecule has 0 saturated carbocycles. The molecule has 0 spiro atoms. The van der Waals surface area contributed by atoms with Crippen LogP contribution in [-0.4, -0.2) is 9.78 Å². The Morgan fingerprint density at radius 3 is 3.00 bits per heavy atom. The van der Waals surface area contributed by atoms with Crippen LogP contribution in [0.2, 0.25) is 0 Å². The predicted octanol–water partition coefficient (Wildman–Crippen LogP) is 0.449. The molecule has 0 bridgehead atoms. The van der Waals surface area contributed by atoms with E-state index in [1.807, 2.05) is 6.07 Å². The molecule has 0 amide bonds. The van der Waals surface area contributed by atoms with Crippen LogP contribution < -0.4 is 11.3 Å². The van der Waals surface area contributed by atoms with Crippen molar-refractivity contribution in [1.82, 2.24) is 9.78 Å². The van der Waals surface area contributed by atoms with E-state index in [1.165, 1.54) is 0 Å². The first-order valence-corrected chi connectivity index (χ1v) is 3.63. The molecule has 4 nitrogen and oxygen atoms in total. The van der Waals surface area contributed by atoms with Crippen LogP contribution in [-0.2, 0) is 7.05 Å². The molecule has 0 unspecified atom stereocenters. The van der Waals surface area contributed by atoms with Crippen LogP contribution >= 0.6 is 0 Å². The third kappa shape index (κ3) is 0.812. The van der Waals surface area contributed by atoms with Gasteiger partial charge in [0.15, 0.2) is 0 Å². The molecule has 3 N–H and O–H groups in total. The van der Waals surface area contributed by atoms with Gasteiger partial charge in [0.2, 0.25) is 0 Å². The number of anilines is 1. The standard InChI is InChI=1S/C8H9N3O/c1-11-7-3-2-5(9)4-6(7)8(12)10-11/h2-4H,9H2,1H3,(H,10,12). The Bertz CT molecular complexity index is 480. The van der Waals surface area contributed by atoms with Crippen LogP contribution in [0.3, 0.4) is 0 Å². The lowest BCUT2D eigenvalue weighted by atomic mass is 10.2. The topological polar surface area (TPSA) is 63.8 Å². The Labute approximate surface area is 68.6 Å². The monoisotopic (exact) mass is 163 g/mol. The molecule has 0 radical (unpaired) electrons. The summed E-state index contributed by atoms with van der Waals surface area (Å²) >= 11 is 0. The van der Waals surface area contributed by atoms with Crippen molar-refractivity contribution in [2.75, 3.05) is 5.73 Å². The van der Waals surface area contributed by atoms with Gasteiger partial charge in [-0.3, -0.25) is 14.6 Å². The zero-order valence-corrected chi connectivity index (χ0v) is 6.66. The normalized spacial score (nSPS) is 10.8. The maximum Gasteiger partial charge on any atom is 0.272 e. The highest BCUT2D eigenvalue weighted by atomic mass is 16.1. The number of H-pyrrole nitrogens is 1. The van der Waals surface area contributed by atoms with E-state index in [0.717, 1.165) is 5.52 Å². The third-order valence-electron chi connectivity index (χ3n) is 1.90. The number of hydrogen-bond donors (Lipinski definition) is 2. The average molecular weight is 163 g/mol. The highest BCUT2D eigenvalue weighted by molar-refractivity contribution is 5.81. The largest absolute Gasteiger partial charge is 0.399 e. The Morgan fingerprint density at radius 2 is 2.25 bits per heavy atom. The zero-order chi connectivity index (χ0) is 8.72. The summed E-state index contributed by atoms with van der Waals surface area (Å²) in [5.41, 5.74) is 6.92. The minimum atomic E-state index is -0.0974. The van der Waals surface area contributed by atoms with Crippen molar-refractivity contribution < 1.29 is 0 Å². The minimum absolute atomic E-state index is 0.0974. The van der Waals surface area contributed by atoms with E-state index in [4.69, 9.17) is 5.73 Å². The molecule has 0 aliphatic rings. The van der Waals surface area contributed by atoms with Crippen molar-refractivity contribution in [1.29, 1.82) is 0 Å². The van der Waals surface area contributed by atoms with Crippen LogP contribution in [0.4, 0.5) is 5.69 Å². The molecule has 1 aromatic heterocycles. The summed E-state index contributed by atoms with van der Waals surface area (Å²) in [5.74, 6) is 0. The van der Waals surface area contributed by atoms with Gasteiger partial charge in [-0.1, -0.05) is 0 Å². The van der Waals surface area contributed by atoms with Gasteiger partial charge in [0.25, 0.3) is 5.56 Å². The molecule has 0 saturated heterocycles. The third-order valence-corrected chi connectivity index (χ3v) is 1.90. The first kappa shape index (κ1) is 6.97. The van der Waals surface area contributed by atoms with E-state index >= 15 is 0 Å². The number of aromatic nitrogens is 2. The van der Waals surface area contributed by atoms with E-state index in [2.05, 4.69) is 5.10 Å². The van der Waals surface area contributed by atoms with Crippen molar-refractivity contribution >= 4 is 16.6 Å². The number of nitrogens with two attached hydrogens (primary N) is 1. The molecule has 1 heterocycles. The van der Waals surface area contributed by atoms with E-state index in [9.17, 15) is 4.79 Å². The summed E-state index contributed by atoms with van der Waals surface area (Å²) in [7, 11) is 1.79. The molecular weight excluding hydrogens is 154 g/mol. The lowest BCUT2D eigenvalue weighted by molar-refractivity contribution is 0.783. The Hall–Kier alpha value is -1.71. The summed E-state index contributed by atoms with van der Waals surface area (Å²) in [6.07, 6.45) is 0. The van der Waals surface area contributed by atoms with E-state index < -0.39 is 0 Å². The number of benzene rings is 1. The first-order valence-electron chi connectivity index (χ1n) is 3.63. The fourth-order valence-corrected chi connectivity index (χ4v) is 1.30. The summed E-state index contributed by atoms with van der Waals surface area (Å²) in [6, 6.07) is 5.27. The highest BCUT2D eigenvalue weighted by Crippen LogP contribution is 2.11. The van der Waals surface area contributed by atoms with Gasteiger partial charge in [0, 0.05) is 12.7 Å². The first-order chi connectivity index (χ1) is 5.68. The molecule has 1 aromatic carbocycles.